The Hall–Kier alpha value is -0.620. The molecule has 6 heteroatoms. The maximum absolute atomic E-state index is 10.7. The molecule has 4 nitrogen and oxygen atoms in total. The zero-order valence-electron chi connectivity index (χ0n) is 5.62. The minimum Gasteiger partial charge on any atom is -0.279 e. The van der Waals surface area contributed by atoms with E-state index in [0.29, 0.717) is 0 Å². The summed E-state index contributed by atoms with van der Waals surface area (Å²) in [5, 5.41) is 0. The molecule has 1 heterocycles. The minimum atomic E-state index is -0.446. The topological polar surface area (TPSA) is 59.9 Å². The summed E-state index contributed by atoms with van der Waals surface area (Å²) in [7, 11) is 0. The predicted molar refractivity (Wildman–Crippen MR) is 48.5 cm³/mol. The molecule has 0 bridgehead atoms. The molecule has 0 fully saturated rings. The largest absolute Gasteiger partial charge is 0.279 e. The highest BCUT2D eigenvalue weighted by molar-refractivity contribution is 9.18. The van der Waals surface area contributed by atoms with Crippen molar-refractivity contribution in [2.24, 2.45) is 0 Å². The van der Waals surface area contributed by atoms with Crippen LogP contribution in [-0.2, 0) is 0 Å². The molecule has 0 aliphatic rings. The van der Waals surface area contributed by atoms with Crippen LogP contribution in [0.4, 0.5) is 0 Å². The fraction of sp³-hybridized carbons (Fsp3) is 0. The Morgan fingerprint density at radius 1 is 1.25 bits per heavy atom. The van der Waals surface area contributed by atoms with E-state index in [4.69, 9.17) is 0 Å². The summed E-state index contributed by atoms with van der Waals surface area (Å²) in [5.74, 6) is -0.0275. The van der Waals surface area contributed by atoms with E-state index in [1.807, 2.05) is 0 Å². The maximum atomic E-state index is 10.7. The van der Waals surface area contributed by atoms with Gasteiger partial charge in [-0.05, 0) is 22.0 Å². The van der Waals surface area contributed by atoms with E-state index in [-0.39, 0.29) is 16.2 Å². The average molecular weight is 294 g/mol. The Morgan fingerprint density at radius 3 is 2.42 bits per heavy atom. The van der Waals surface area contributed by atoms with Gasteiger partial charge < -0.3 is 0 Å². The standard InChI is InChI=1S/C6H2Br2N2O2/c7-4(11)3-1-2-9-6(10-3)5(8)12/h1-2H. The third-order valence-corrected chi connectivity index (χ3v) is 1.79. The van der Waals surface area contributed by atoms with Crippen molar-refractivity contribution in [1.82, 2.24) is 9.97 Å². The van der Waals surface area contributed by atoms with Gasteiger partial charge in [0, 0.05) is 22.1 Å². The Morgan fingerprint density at radius 2 is 1.92 bits per heavy atom. The molecular formula is C6H2Br2N2O2. The predicted octanol–water partition coefficient (Wildman–Crippen LogP) is 1.55. The third-order valence-electron chi connectivity index (χ3n) is 1.03. The van der Waals surface area contributed by atoms with E-state index in [9.17, 15) is 9.59 Å². The van der Waals surface area contributed by atoms with Crippen molar-refractivity contribution in [3.05, 3.63) is 23.8 Å². The van der Waals surface area contributed by atoms with Gasteiger partial charge in [-0.3, -0.25) is 9.59 Å². The summed E-state index contributed by atoms with van der Waals surface area (Å²) in [6.07, 6.45) is 1.34. The molecule has 0 saturated carbocycles. The summed E-state index contributed by atoms with van der Waals surface area (Å²) >= 11 is 5.39. The molecule has 0 aliphatic heterocycles. The number of rotatable bonds is 2. The monoisotopic (exact) mass is 292 g/mol. The van der Waals surface area contributed by atoms with Crippen LogP contribution in [0.1, 0.15) is 21.1 Å². The maximum Gasteiger partial charge on any atom is 0.265 e. The summed E-state index contributed by atoms with van der Waals surface area (Å²) in [5.41, 5.74) is 0.160. The SMILES string of the molecule is O=C(Br)c1ccnc(C(=O)Br)n1. The summed E-state index contributed by atoms with van der Waals surface area (Å²) < 4.78 is -0.821. The Bertz CT molecular complexity index is 311. The zero-order chi connectivity index (χ0) is 9.14. The molecule has 0 N–H and O–H groups in total. The van der Waals surface area contributed by atoms with Gasteiger partial charge in [-0.15, -0.1) is 0 Å². The van der Waals surface area contributed by atoms with Crippen LogP contribution in [0.2, 0.25) is 0 Å². The van der Waals surface area contributed by atoms with Gasteiger partial charge in [0.05, 0.1) is 0 Å². The van der Waals surface area contributed by atoms with Gasteiger partial charge in [-0.1, -0.05) is 0 Å². The van der Waals surface area contributed by atoms with Crippen molar-refractivity contribution >= 4 is 41.2 Å². The van der Waals surface area contributed by atoms with Crippen LogP contribution in [0.15, 0.2) is 12.3 Å². The quantitative estimate of drug-likeness (QED) is 0.776. The number of nitrogens with zero attached hydrogens (tertiary/aromatic N) is 2. The zero-order valence-corrected chi connectivity index (χ0v) is 8.79. The first kappa shape index (κ1) is 9.47. The van der Waals surface area contributed by atoms with Gasteiger partial charge in [0.1, 0.15) is 5.69 Å². The molecule has 0 unspecified atom stereocenters. The van der Waals surface area contributed by atoms with Crippen molar-refractivity contribution in [2.45, 2.75) is 0 Å². The molecule has 0 aromatic carbocycles. The second-order valence-electron chi connectivity index (χ2n) is 1.81. The van der Waals surface area contributed by atoms with Gasteiger partial charge in [-0.25, -0.2) is 9.97 Å². The minimum absolute atomic E-state index is 0.0275. The Kier molecular flexibility index (Phi) is 3.05. The molecule has 0 atom stereocenters. The molecule has 0 amide bonds. The van der Waals surface area contributed by atoms with E-state index < -0.39 is 4.69 Å². The molecule has 12 heavy (non-hydrogen) atoms. The van der Waals surface area contributed by atoms with Crippen LogP contribution in [0.25, 0.3) is 0 Å². The van der Waals surface area contributed by atoms with E-state index in [0.717, 1.165) is 0 Å². The normalized spacial score (nSPS) is 9.50. The molecule has 0 aliphatic carbocycles. The average Bonchev–Trinajstić information content (AvgIpc) is 2.04. The highest BCUT2D eigenvalue weighted by Gasteiger charge is 2.08. The second kappa shape index (κ2) is 3.86. The van der Waals surface area contributed by atoms with Gasteiger partial charge in [0.25, 0.3) is 4.69 Å². The number of carbonyl (C=O) groups is 2. The molecule has 0 saturated heterocycles. The summed E-state index contributed by atoms with van der Waals surface area (Å²) in [4.78, 5) is 28.7. The van der Waals surface area contributed by atoms with Crippen LogP contribution >= 0.6 is 31.9 Å². The first-order valence-electron chi connectivity index (χ1n) is 2.84. The fourth-order valence-electron chi connectivity index (χ4n) is 0.563. The highest BCUT2D eigenvalue weighted by atomic mass is 79.9. The van der Waals surface area contributed by atoms with Gasteiger partial charge in [0.15, 0.2) is 0 Å². The molecule has 1 aromatic heterocycles. The van der Waals surface area contributed by atoms with Crippen molar-refractivity contribution in [1.29, 1.82) is 0 Å². The smallest absolute Gasteiger partial charge is 0.265 e. The van der Waals surface area contributed by atoms with E-state index in [2.05, 4.69) is 41.8 Å². The fourth-order valence-corrected chi connectivity index (χ4v) is 0.975. The Balaban J connectivity index is 3.12. The summed E-state index contributed by atoms with van der Waals surface area (Å²) in [6, 6.07) is 1.41. The van der Waals surface area contributed by atoms with E-state index in [1.165, 1.54) is 12.3 Å². The number of hydrogen-bond donors (Lipinski definition) is 0. The van der Waals surface area contributed by atoms with Crippen molar-refractivity contribution < 1.29 is 9.59 Å². The lowest BCUT2D eigenvalue weighted by atomic mass is 10.4. The van der Waals surface area contributed by atoms with Crippen LogP contribution in [0, 0.1) is 0 Å². The van der Waals surface area contributed by atoms with E-state index in [1.54, 1.807) is 0 Å². The third kappa shape index (κ3) is 2.18. The van der Waals surface area contributed by atoms with Crippen LogP contribution in [0.5, 0.6) is 0 Å². The summed E-state index contributed by atoms with van der Waals surface area (Å²) in [6.45, 7) is 0. The van der Waals surface area contributed by atoms with Gasteiger partial charge in [0.2, 0.25) is 10.5 Å². The lowest BCUT2D eigenvalue weighted by Gasteiger charge is -1.93. The van der Waals surface area contributed by atoms with Crippen molar-refractivity contribution in [3.63, 3.8) is 0 Å². The van der Waals surface area contributed by atoms with Gasteiger partial charge in [-0.2, -0.15) is 0 Å². The van der Waals surface area contributed by atoms with E-state index >= 15 is 0 Å². The lowest BCUT2D eigenvalue weighted by Crippen LogP contribution is -2.02. The van der Waals surface area contributed by atoms with Gasteiger partial charge >= 0.3 is 0 Å². The number of hydrogen-bond acceptors (Lipinski definition) is 4. The van der Waals surface area contributed by atoms with Crippen LogP contribution in [-0.4, -0.2) is 19.4 Å². The molecule has 1 aromatic rings. The van der Waals surface area contributed by atoms with Crippen LogP contribution in [0.3, 0.4) is 0 Å². The Labute approximate surface area is 84.7 Å². The molecule has 62 valence electrons. The highest BCUT2D eigenvalue weighted by Crippen LogP contribution is 2.04. The van der Waals surface area contributed by atoms with Crippen LogP contribution < -0.4 is 0 Å². The van der Waals surface area contributed by atoms with Crippen molar-refractivity contribution in [3.8, 4) is 0 Å². The second-order valence-corrected chi connectivity index (χ2v) is 3.25. The first-order chi connectivity index (χ1) is 5.61. The number of halogens is 2. The number of carbonyl (C=O) groups excluding carboxylic acids is 2. The molecule has 1 rings (SSSR count). The molecular weight excluding hydrogens is 292 g/mol. The van der Waals surface area contributed by atoms with Crippen molar-refractivity contribution in [2.75, 3.05) is 0 Å². The lowest BCUT2D eigenvalue weighted by molar-refractivity contribution is 0.108. The molecule has 0 spiro atoms. The number of aromatic nitrogens is 2. The molecule has 0 radical (unpaired) electrons. The first-order valence-corrected chi connectivity index (χ1v) is 4.42.